The summed E-state index contributed by atoms with van der Waals surface area (Å²) >= 11 is 0. The molecular weight excluding hydrogens is 168 g/mol. The van der Waals surface area contributed by atoms with Crippen LogP contribution >= 0.6 is 0 Å². The van der Waals surface area contributed by atoms with E-state index in [0.29, 0.717) is 12.6 Å². The van der Waals surface area contributed by atoms with Crippen LogP contribution in [0.4, 0.5) is 0 Å². The highest BCUT2D eigenvalue weighted by atomic mass is 16.2. The first kappa shape index (κ1) is 8.50. The molecule has 72 valence electrons. The molecule has 1 saturated heterocycles. The van der Waals surface area contributed by atoms with Gasteiger partial charge in [0, 0.05) is 19.6 Å². The molecule has 1 aromatic heterocycles. The first-order valence-electron chi connectivity index (χ1n) is 4.60. The molecule has 5 nitrogen and oxygen atoms in total. The molecule has 0 atom stereocenters. The predicted molar refractivity (Wildman–Crippen MR) is 48.8 cm³/mol. The molecule has 1 aliphatic rings. The van der Waals surface area contributed by atoms with Crippen molar-refractivity contribution in [2.45, 2.75) is 26.4 Å². The molecule has 0 bridgehead atoms. The van der Waals surface area contributed by atoms with Crippen LogP contribution in [-0.2, 0) is 6.54 Å². The van der Waals surface area contributed by atoms with Crippen molar-refractivity contribution in [3.8, 4) is 0 Å². The van der Waals surface area contributed by atoms with Crippen LogP contribution in [0.15, 0.2) is 4.79 Å². The molecule has 0 aromatic carbocycles. The van der Waals surface area contributed by atoms with Crippen LogP contribution < -0.4 is 11.0 Å². The number of rotatable bonds is 2. The zero-order valence-electron chi connectivity index (χ0n) is 7.95. The summed E-state index contributed by atoms with van der Waals surface area (Å²) in [5.74, 6) is 0.818. The average molecular weight is 182 g/mol. The topological polar surface area (TPSA) is 51.9 Å². The van der Waals surface area contributed by atoms with Crippen LogP contribution in [0.5, 0.6) is 0 Å². The summed E-state index contributed by atoms with van der Waals surface area (Å²) in [4.78, 5) is 11.7. The molecule has 0 aliphatic carbocycles. The second-order valence-electron chi connectivity index (χ2n) is 3.33. The van der Waals surface area contributed by atoms with Crippen LogP contribution in [0, 0.1) is 6.92 Å². The van der Waals surface area contributed by atoms with Crippen molar-refractivity contribution in [2.75, 3.05) is 13.1 Å². The van der Waals surface area contributed by atoms with Crippen molar-refractivity contribution in [3.63, 3.8) is 0 Å². The van der Waals surface area contributed by atoms with Crippen molar-refractivity contribution in [1.29, 1.82) is 0 Å². The number of aromatic nitrogens is 3. The Hall–Kier alpha value is -1.10. The van der Waals surface area contributed by atoms with Gasteiger partial charge < -0.3 is 5.32 Å². The largest absolute Gasteiger partial charge is 0.346 e. The second kappa shape index (κ2) is 2.99. The smallest absolute Gasteiger partial charge is 0.313 e. The van der Waals surface area contributed by atoms with Crippen molar-refractivity contribution in [1.82, 2.24) is 19.7 Å². The van der Waals surface area contributed by atoms with Gasteiger partial charge in [0.25, 0.3) is 0 Å². The van der Waals surface area contributed by atoms with E-state index in [0.717, 1.165) is 18.9 Å². The Morgan fingerprint density at radius 1 is 1.62 bits per heavy atom. The summed E-state index contributed by atoms with van der Waals surface area (Å²) in [6.07, 6.45) is 0. The Bertz CT molecular complexity index is 361. The highest BCUT2D eigenvalue weighted by Crippen LogP contribution is 2.09. The molecule has 0 radical (unpaired) electrons. The lowest BCUT2D eigenvalue weighted by molar-refractivity contribution is 0.329. The molecule has 1 aromatic rings. The summed E-state index contributed by atoms with van der Waals surface area (Å²) in [6.45, 7) is 6.22. The van der Waals surface area contributed by atoms with E-state index in [-0.39, 0.29) is 5.69 Å². The highest BCUT2D eigenvalue weighted by molar-refractivity contribution is 4.93. The molecule has 0 amide bonds. The summed E-state index contributed by atoms with van der Waals surface area (Å²) in [7, 11) is 0. The maximum atomic E-state index is 11.7. The van der Waals surface area contributed by atoms with E-state index in [4.69, 9.17) is 0 Å². The van der Waals surface area contributed by atoms with Crippen LogP contribution in [-0.4, -0.2) is 27.4 Å². The molecule has 5 heteroatoms. The minimum Gasteiger partial charge on any atom is -0.313 e. The van der Waals surface area contributed by atoms with Gasteiger partial charge in [-0.15, -0.1) is 0 Å². The summed E-state index contributed by atoms with van der Waals surface area (Å²) < 4.78 is 3.29. The number of nitrogens with zero attached hydrogens (tertiary/aromatic N) is 3. The average Bonchev–Trinajstić information content (AvgIpc) is 2.29. The number of aryl methyl sites for hydroxylation is 2. The molecule has 0 saturated carbocycles. The summed E-state index contributed by atoms with van der Waals surface area (Å²) in [5.41, 5.74) is 0.0199. The van der Waals surface area contributed by atoms with Crippen molar-refractivity contribution >= 4 is 0 Å². The van der Waals surface area contributed by atoms with Gasteiger partial charge in [-0.2, -0.15) is 5.10 Å². The van der Waals surface area contributed by atoms with Gasteiger partial charge in [0.15, 0.2) is 0 Å². The van der Waals surface area contributed by atoms with Gasteiger partial charge in [0.05, 0.1) is 6.04 Å². The lowest BCUT2D eigenvalue weighted by Gasteiger charge is -2.27. The van der Waals surface area contributed by atoms with Gasteiger partial charge in [-0.1, -0.05) is 0 Å². The van der Waals surface area contributed by atoms with E-state index in [1.807, 2.05) is 13.8 Å². The number of nitrogens with one attached hydrogen (secondary N) is 1. The first-order valence-corrected chi connectivity index (χ1v) is 4.60. The fraction of sp³-hybridized carbons (Fsp3) is 0.750. The fourth-order valence-electron chi connectivity index (χ4n) is 1.61. The Morgan fingerprint density at radius 3 is 2.69 bits per heavy atom. The van der Waals surface area contributed by atoms with Gasteiger partial charge in [0.2, 0.25) is 0 Å². The Morgan fingerprint density at radius 2 is 2.31 bits per heavy atom. The molecule has 13 heavy (non-hydrogen) atoms. The van der Waals surface area contributed by atoms with Gasteiger partial charge >= 0.3 is 5.69 Å². The standard InChI is InChI=1S/C8H14N4O/c1-3-11-8(13)12(6(2)10-11)7-4-9-5-7/h7,9H,3-5H2,1-2H3. The Kier molecular flexibility index (Phi) is 1.95. The van der Waals surface area contributed by atoms with E-state index < -0.39 is 0 Å². The van der Waals surface area contributed by atoms with Gasteiger partial charge in [-0.25, -0.2) is 9.48 Å². The van der Waals surface area contributed by atoms with Crippen molar-refractivity contribution in [3.05, 3.63) is 16.3 Å². The second-order valence-corrected chi connectivity index (χ2v) is 3.33. The Labute approximate surface area is 76.4 Å². The number of hydrogen-bond donors (Lipinski definition) is 1. The van der Waals surface area contributed by atoms with Crippen LogP contribution in [0.2, 0.25) is 0 Å². The predicted octanol–water partition coefficient (Wildman–Crippen LogP) is -0.483. The van der Waals surface area contributed by atoms with E-state index in [2.05, 4.69) is 10.4 Å². The summed E-state index contributed by atoms with van der Waals surface area (Å²) in [5, 5.41) is 7.32. The van der Waals surface area contributed by atoms with Crippen molar-refractivity contribution < 1.29 is 0 Å². The van der Waals surface area contributed by atoms with Gasteiger partial charge in [-0.3, -0.25) is 4.57 Å². The van der Waals surface area contributed by atoms with Crippen LogP contribution in [0.1, 0.15) is 18.8 Å². The molecule has 1 N–H and O–H groups in total. The molecule has 1 fully saturated rings. The SMILES string of the molecule is CCn1nc(C)n(C2CNC2)c1=O. The highest BCUT2D eigenvalue weighted by Gasteiger charge is 2.23. The van der Waals surface area contributed by atoms with E-state index in [1.165, 1.54) is 4.68 Å². The maximum Gasteiger partial charge on any atom is 0.346 e. The fourth-order valence-corrected chi connectivity index (χ4v) is 1.61. The molecule has 2 rings (SSSR count). The summed E-state index contributed by atoms with van der Waals surface area (Å²) in [6, 6.07) is 0.313. The third-order valence-corrected chi connectivity index (χ3v) is 2.47. The zero-order chi connectivity index (χ0) is 9.42. The maximum absolute atomic E-state index is 11.7. The van der Waals surface area contributed by atoms with Crippen LogP contribution in [0.25, 0.3) is 0 Å². The molecule has 0 spiro atoms. The molecule has 0 unspecified atom stereocenters. The third-order valence-electron chi connectivity index (χ3n) is 2.47. The lowest BCUT2D eigenvalue weighted by atomic mass is 10.2. The van der Waals surface area contributed by atoms with Gasteiger partial charge in [-0.05, 0) is 13.8 Å². The normalized spacial score (nSPS) is 17.4. The van der Waals surface area contributed by atoms with Gasteiger partial charge in [0.1, 0.15) is 5.82 Å². The minimum atomic E-state index is 0.0199. The van der Waals surface area contributed by atoms with E-state index in [9.17, 15) is 4.79 Å². The molecule has 1 aliphatic heterocycles. The zero-order valence-corrected chi connectivity index (χ0v) is 7.95. The first-order chi connectivity index (χ1) is 6.24. The van der Waals surface area contributed by atoms with E-state index in [1.54, 1.807) is 4.57 Å². The Balaban J connectivity index is 2.43. The quantitative estimate of drug-likeness (QED) is 0.672. The third kappa shape index (κ3) is 1.19. The monoisotopic (exact) mass is 182 g/mol. The van der Waals surface area contributed by atoms with Crippen molar-refractivity contribution in [2.24, 2.45) is 0 Å². The molecule has 2 heterocycles. The van der Waals surface area contributed by atoms with E-state index >= 15 is 0 Å². The number of hydrogen-bond acceptors (Lipinski definition) is 3. The lowest BCUT2D eigenvalue weighted by Crippen LogP contribution is -2.47. The minimum absolute atomic E-state index is 0.0199. The van der Waals surface area contributed by atoms with Crippen LogP contribution in [0.3, 0.4) is 0 Å². The molecular formula is C8H14N4O.